The zero-order valence-electron chi connectivity index (χ0n) is 21.1. The van der Waals surface area contributed by atoms with Gasteiger partial charge in [0.25, 0.3) is 5.91 Å². The molecule has 2 aromatic rings. The van der Waals surface area contributed by atoms with Crippen LogP contribution in [0.15, 0.2) is 39.9 Å². The fourth-order valence-corrected chi connectivity index (χ4v) is 4.41. The van der Waals surface area contributed by atoms with E-state index in [1.807, 2.05) is 32.9 Å². The first-order valence-corrected chi connectivity index (χ1v) is 12.7. The van der Waals surface area contributed by atoms with E-state index in [0.29, 0.717) is 30.3 Å². The van der Waals surface area contributed by atoms with Crippen LogP contribution in [-0.4, -0.2) is 56.4 Å². The number of hydrazone groups is 1. The summed E-state index contributed by atoms with van der Waals surface area (Å²) < 4.78 is 17.7. The number of carbonyl (C=O) groups is 3. The molecule has 0 radical (unpaired) electrons. The highest BCUT2D eigenvalue weighted by Gasteiger charge is 2.19. The molecule has 1 saturated heterocycles. The monoisotopic (exact) mass is 574 g/mol. The Kier molecular flexibility index (Phi) is 10.5. The van der Waals surface area contributed by atoms with Crippen molar-refractivity contribution in [3.63, 3.8) is 0 Å². The van der Waals surface area contributed by atoms with E-state index in [1.165, 1.54) is 6.21 Å². The summed E-state index contributed by atoms with van der Waals surface area (Å²) in [6.45, 7) is 6.79. The SMILES string of the molecule is CCOc1cc(/C=N\NC(=O)C(=O)NC[C@@H]2CCCO2)ccc1OCC(=O)Nc1c(C)cc(Br)cc1C. The van der Waals surface area contributed by atoms with Gasteiger partial charge in [0.15, 0.2) is 18.1 Å². The van der Waals surface area contributed by atoms with Gasteiger partial charge >= 0.3 is 11.8 Å². The third-order valence-electron chi connectivity index (χ3n) is 5.49. The standard InChI is InChI=1S/C26H31BrN4O6/c1-4-35-22-12-18(13-29-31-26(34)25(33)28-14-20-6-5-9-36-20)7-8-21(22)37-15-23(32)30-24-16(2)10-19(27)11-17(24)3/h7-8,10-13,20H,4-6,9,14-15H2,1-3H3,(H,28,33)(H,30,32)(H,31,34)/b29-13-/t20-/m0/s1. The summed E-state index contributed by atoms with van der Waals surface area (Å²) in [4.78, 5) is 36.3. The molecular weight excluding hydrogens is 544 g/mol. The van der Waals surface area contributed by atoms with Gasteiger partial charge in [-0.25, -0.2) is 5.43 Å². The lowest BCUT2D eigenvalue weighted by molar-refractivity contribution is -0.139. The van der Waals surface area contributed by atoms with E-state index in [4.69, 9.17) is 14.2 Å². The van der Waals surface area contributed by atoms with E-state index in [1.54, 1.807) is 18.2 Å². The normalized spacial score (nSPS) is 14.9. The maximum atomic E-state index is 12.5. The molecule has 198 valence electrons. The topological polar surface area (TPSA) is 127 Å². The molecule has 3 N–H and O–H groups in total. The first-order chi connectivity index (χ1) is 17.8. The third kappa shape index (κ3) is 8.57. The molecule has 1 aliphatic rings. The Morgan fingerprint density at radius 1 is 1.11 bits per heavy atom. The Balaban J connectivity index is 1.54. The zero-order chi connectivity index (χ0) is 26.8. The van der Waals surface area contributed by atoms with Crippen LogP contribution in [0.25, 0.3) is 0 Å². The summed E-state index contributed by atoms with van der Waals surface area (Å²) in [5.41, 5.74) is 5.42. The van der Waals surface area contributed by atoms with Crippen molar-refractivity contribution in [1.29, 1.82) is 0 Å². The van der Waals surface area contributed by atoms with Crippen molar-refractivity contribution in [1.82, 2.24) is 10.7 Å². The quantitative estimate of drug-likeness (QED) is 0.227. The fraction of sp³-hybridized carbons (Fsp3) is 0.385. The number of hydrogen-bond acceptors (Lipinski definition) is 7. The first-order valence-electron chi connectivity index (χ1n) is 12.0. The minimum Gasteiger partial charge on any atom is -0.490 e. The van der Waals surface area contributed by atoms with Crippen LogP contribution in [-0.2, 0) is 19.1 Å². The number of benzene rings is 2. The predicted octanol–water partition coefficient (Wildman–Crippen LogP) is 3.23. The van der Waals surface area contributed by atoms with Crippen LogP contribution in [0.1, 0.15) is 36.5 Å². The molecule has 1 atom stereocenters. The van der Waals surface area contributed by atoms with Crippen molar-refractivity contribution >= 4 is 45.6 Å². The minimum atomic E-state index is -0.874. The number of nitrogens with one attached hydrogen (secondary N) is 3. The molecule has 3 amide bonds. The lowest BCUT2D eigenvalue weighted by Crippen LogP contribution is -2.41. The van der Waals surface area contributed by atoms with Crippen LogP contribution in [0, 0.1) is 13.8 Å². The van der Waals surface area contributed by atoms with Gasteiger partial charge in [-0.15, -0.1) is 0 Å². The Hall–Kier alpha value is -3.44. The van der Waals surface area contributed by atoms with Gasteiger partial charge in [-0.3, -0.25) is 14.4 Å². The number of amides is 3. The van der Waals surface area contributed by atoms with Gasteiger partial charge in [-0.2, -0.15) is 5.10 Å². The number of halogens is 1. The molecule has 37 heavy (non-hydrogen) atoms. The van der Waals surface area contributed by atoms with Gasteiger partial charge in [-0.1, -0.05) is 15.9 Å². The van der Waals surface area contributed by atoms with E-state index < -0.39 is 11.8 Å². The molecule has 0 unspecified atom stereocenters. The number of carbonyl (C=O) groups excluding carboxylic acids is 3. The first kappa shape index (κ1) is 28.1. The van der Waals surface area contributed by atoms with Crippen molar-refractivity contribution in [2.24, 2.45) is 5.10 Å². The van der Waals surface area contributed by atoms with Gasteiger partial charge in [0.05, 0.1) is 18.9 Å². The summed E-state index contributed by atoms with van der Waals surface area (Å²) >= 11 is 3.45. The molecule has 1 fully saturated rings. The minimum absolute atomic E-state index is 0.0574. The number of hydrogen-bond donors (Lipinski definition) is 3. The number of rotatable bonds is 10. The lowest BCUT2D eigenvalue weighted by atomic mass is 10.1. The van der Waals surface area contributed by atoms with E-state index in [-0.39, 0.29) is 25.2 Å². The number of anilines is 1. The Morgan fingerprint density at radius 3 is 2.54 bits per heavy atom. The van der Waals surface area contributed by atoms with Gasteiger partial charge in [0.2, 0.25) is 0 Å². The zero-order valence-corrected chi connectivity index (χ0v) is 22.6. The predicted molar refractivity (Wildman–Crippen MR) is 143 cm³/mol. The van der Waals surface area contributed by atoms with Crippen molar-refractivity contribution in [2.45, 2.75) is 39.7 Å². The Morgan fingerprint density at radius 2 is 1.86 bits per heavy atom. The average molecular weight is 575 g/mol. The maximum absolute atomic E-state index is 12.5. The Bertz CT molecular complexity index is 1140. The smallest absolute Gasteiger partial charge is 0.329 e. The van der Waals surface area contributed by atoms with Gasteiger partial charge in [-0.05, 0) is 80.6 Å². The molecule has 0 saturated carbocycles. The van der Waals surface area contributed by atoms with Gasteiger partial charge < -0.3 is 24.8 Å². The summed E-state index contributed by atoms with van der Waals surface area (Å²) in [5, 5.41) is 9.25. The van der Waals surface area contributed by atoms with E-state index >= 15 is 0 Å². The van der Waals surface area contributed by atoms with Gasteiger partial charge in [0, 0.05) is 23.3 Å². The van der Waals surface area contributed by atoms with E-state index in [2.05, 4.69) is 37.1 Å². The largest absolute Gasteiger partial charge is 0.490 e. The van der Waals surface area contributed by atoms with E-state index in [9.17, 15) is 14.4 Å². The number of nitrogens with zero attached hydrogens (tertiary/aromatic N) is 1. The third-order valence-corrected chi connectivity index (χ3v) is 5.95. The second-order valence-corrected chi connectivity index (χ2v) is 9.35. The Labute approximate surface area is 224 Å². The molecule has 1 aliphatic heterocycles. The van der Waals surface area contributed by atoms with Gasteiger partial charge in [0.1, 0.15) is 0 Å². The highest BCUT2D eigenvalue weighted by molar-refractivity contribution is 9.10. The van der Waals surface area contributed by atoms with Crippen LogP contribution in [0.4, 0.5) is 5.69 Å². The van der Waals surface area contributed by atoms with Crippen LogP contribution >= 0.6 is 15.9 Å². The van der Waals surface area contributed by atoms with Crippen molar-refractivity contribution in [2.75, 3.05) is 31.7 Å². The number of ether oxygens (including phenoxy) is 3. The maximum Gasteiger partial charge on any atom is 0.329 e. The molecule has 0 spiro atoms. The fourth-order valence-electron chi connectivity index (χ4n) is 3.73. The average Bonchev–Trinajstić information content (AvgIpc) is 3.38. The second kappa shape index (κ2) is 13.8. The molecule has 0 bridgehead atoms. The lowest BCUT2D eigenvalue weighted by Gasteiger charge is -2.14. The summed E-state index contributed by atoms with van der Waals surface area (Å²) in [7, 11) is 0. The van der Waals surface area contributed by atoms with Crippen molar-refractivity contribution in [3.8, 4) is 11.5 Å². The van der Waals surface area contributed by atoms with Crippen LogP contribution in [0.5, 0.6) is 11.5 Å². The van der Waals surface area contributed by atoms with Crippen LogP contribution in [0.3, 0.4) is 0 Å². The second-order valence-electron chi connectivity index (χ2n) is 8.43. The highest BCUT2D eigenvalue weighted by atomic mass is 79.9. The summed E-state index contributed by atoms with van der Waals surface area (Å²) in [6, 6.07) is 8.85. The molecular formula is C26H31BrN4O6. The molecule has 10 nitrogen and oxygen atoms in total. The highest BCUT2D eigenvalue weighted by Crippen LogP contribution is 2.29. The molecule has 2 aromatic carbocycles. The van der Waals surface area contributed by atoms with Crippen LogP contribution in [0.2, 0.25) is 0 Å². The molecule has 11 heteroatoms. The van der Waals surface area contributed by atoms with Crippen molar-refractivity contribution in [3.05, 3.63) is 51.5 Å². The molecule has 1 heterocycles. The molecule has 0 aliphatic carbocycles. The van der Waals surface area contributed by atoms with E-state index in [0.717, 1.165) is 34.1 Å². The van der Waals surface area contributed by atoms with Crippen molar-refractivity contribution < 1.29 is 28.6 Å². The number of aryl methyl sites for hydroxylation is 2. The summed E-state index contributed by atoms with van der Waals surface area (Å²) in [5.74, 6) is -1.16. The molecule has 0 aromatic heterocycles. The molecule has 3 rings (SSSR count). The van der Waals surface area contributed by atoms with Crippen LogP contribution < -0.4 is 25.5 Å². The summed E-state index contributed by atoms with van der Waals surface area (Å²) in [6.07, 6.45) is 3.13.